The van der Waals surface area contributed by atoms with Crippen LogP contribution in [0, 0.1) is 5.92 Å². The molecule has 0 spiro atoms. The van der Waals surface area contributed by atoms with Gasteiger partial charge in [0.25, 0.3) is 5.56 Å². The van der Waals surface area contributed by atoms with Crippen LogP contribution < -0.4 is 10.5 Å². The Morgan fingerprint density at radius 1 is 1.18 bits per heavy atom. The average molecular weight is 317 g/mol. The van der Waals surface area contributed by atoms with Gasteiger partial charge < -0.3 is 4.90 Å². The first-order valence-electron chi connectivity index (χ1n) is 7.89. The van der Waals surface area contributed by atoms with Crippen LogP contribution in [0.2, 0.25) is 0 Å². The Balaban J connectivity index is 1.40. The number of rotatable bonds is 4. The number of piperidine rings is 1. The summed E-state index contributed by atoms with van der Waals surface area (Å²) in [7, 11) is 0. The minimum atomic E-state index is 0.0240. The first kappa shape index (κ1) is 13.9. The zero-order valence-corrected chi connectivity index (χ0v) is 13.2. The molecule has 7 heteroatoms. The van der Waals surface area contributed by atoms with Crippen molar-refractivity contribution < 1.29 is 0 Å². The zero-order valence-electron chi connectivity index (χ0n) is 12.4. The van der Waals surface area contributed by atoms with Crippen LogP contribution in [0.3, 0.4) is 0 Å². The summed E-state index contributed by atoms with van der Waals surface area (Å²) in [6, 6.07) is 3.57. The van der Waals surface area contributed by atoms with Crippen molar-refractivity contribution in [3.8, 4) is 0 Å². The maximum absolute atomic E-state index is 12.0. The van der Waals surface area contributed by atoms with E-state index in [1.807, 2.05) is 6.07 Å². The molecule has 0 bridgehead atoms. The zero-order chi connectivity index (χ0) is 14.9. The highest BCUT2D eigenvalue weighted by Crippen LogP contribution is 2.38. The van der Waals surface area contributed by atoms with Gasteiger partial charge >= 0.3 is 0 Å². The lowest BCUT2D eigenvalue weighted by molar-refractivity contribution is 0.333. The van der Waals surface area contributed by atoms with E-state index < -0.39 is 0 Å². The molecule has 2 fully saturated rings. The highest BCUT2D eigenvalue weighted by molar-refractivity contribution is 7.13. The summed E-state index contributed by atoms with van der Waals surface area (Å²) < 4.78 is 1.68. The Labute approximate surface area is 132 Å². The molecular weight excluding hydrogens is 298 g/mol. The van der Waals surface area contributed by atoms with Crippen molar-refractivity contribution in [2.75, 3.05) is 18.0 Å². The van der Waals surface area contributed by atoms with Gasteiger partial charge in [-0.25, -0.2) is 4.68 Å². The maximum atomic E-state index is 12.0. The van der Waals surface area contributed by atoms with Gasteiger partial charge in [-0.1, -0.05) is 11.3 Å². The van der Waals surface area contributed by atoms with E-state index in [0.29, 0.717) is 11.8 Å². The van der Waals surface area contributed by atoms with E-state index in [1.165, 1.54) is 12.8 Å². The van der Waals surface area contributed by atoms with E-state index in [4.69, 9.17) is 0 Å². The van der Waals surface area contributed by atoms with Gasteiger partial charge in [0.15, 0.2) is 0 Å². The fraction of sp³-hybridized carbons (Fsp3) is 0.600. The lowest BCUT2D eigenvalue weighted by Gasteiger charge is -2.31. The molecular formula is C15H19N5OS. The van der Waals surface area contributed by atoms with Gasteiger partial charge in [0, 0.05) is 31.6 Å². The van der Waals surface area contributed by atoms with Crippen molar-refractivity contribution in [2.45, 2.75) is 38.1 Å². The van der Waals surface area contributed by atoms with Crippen molar-refractivity contribution in [1.82, 2.24) is 20.0 Å². The van der Waals surface area contributed by atoms with Crippen LogP contribution in [-0.4, -0.2) is 33.1 Å². The van der Waals surface area contributed by atoms with Crippen LogP contribution in [0.25, 0.3) is 0 Å². The summed E-state index contributed by atoms with van der Waals surface area (Å²) in [6.07, 6.45) is 4.57. The first-order valence-corrected chi connectivity index (χ1v) is 8.77. The van der Waals surface area contributed by atoms with Gasteiger partial charge in [0.1, 0.15) is 5.51 Å². The molecule has 1 saturated carbocycles. The molecule has 2 aromatic rings. The molecule has 0 atom stereocenters. The molecule has 0 unspecified atom stereocenters. The van der Waals surface area contributed by atoms with Gasteiger partial charge in [0.05, 0.1) is 5.69 Å². The van der Waals surface area contributed by atoms with Gasteiger partial charge in [-0.3, -0.25) is 4.79 Å². The van der Waals surface area contributed by atoms with E-state index in [2.05, 4.69) is 20.2 Å². The minimum Gasteiger partial charge on any atom is -0.347 e. The number of nitrogens with zero attached hydrogens (tertiary/aromatic N) is 5. The summed E-state index contributed by atoms with van der Waals surface area (Å²) in [5, 5.41) is 13.6. The van der Waals surface area contributed by atoms with Crippen molar-refractivity contribution in [1.29, 1.82) is 0 Å². The maximum Gasteiger partial charge on any atom is 0.266 e. The van der Waals surface area contributed by atoms with E-state index in [1.54, 1.807) is 27.6 Å². The van der Waals surface area contributed by atoms with Crippen LogP contribution in [0.1, 0.15) is 37.3 Å². The SMILES string of the molecule is O=c1ccc(C2CC2)nn1CC1CCN(c2nncs2)CC1. The summed E-state index contributed by atoms with van der Waals surface area (Å²) >= 11 is 1.59. The Hall–Kier alpha value is -1.76. The fourth-order valence-corrected chi connectivity index (χ4v) is 3.66. The van der Waals surface area contributed by atoms with Gasteiger partial charge in [0.2, 0.25) is 5.13 Å². The number of aromatic nitrogens is 4. The molecule has 0 amide bonds. The Morgan fingerprint density at radius 2 is 2.00 bits per heavy atom. The lowest BCUT2D eigenvalue weighted by atomic mass is 9.97. The monoisotopic (exact) mass is 317 g/mol. The van der Waals surface area contributed by atoms with E-state index in [9.17, 15) is 4.79 Å². The summed E-state index contributed by atoms with van der Waals surface area (Å²) in [5.41, 5.74) is 2.88. The number of hydrogen-bond acceptors (Lipinski definition) is 6. The third-order valence-electron chi connectivity index (χ3n) is 4.55. The second-order valence-electron chi connectivity index (χ2n) is 6.20. The fourth-order valence-electron chi connectivity index (χ4n) is 3.05. The molecule has 3 heterocycles. The highest BCUT2D eigenvalue weighted by Gasteiger charge is 2.26. The Morgan fingerprint density at radius 3 is 2.68 bits per heavy atom. The summed E-state index contributed by atoms with van der Waals surface area (Å²) in [4.78, 5) is 14.3. The largest absolute Gasteiger partial charge is 0.347 e. The molecule has 0 N–H and O–H groups in total. The topological polar surface area (TPSA) is 63.9 Å². The predicted molar refractivity (Wildman–Crippen MR) is 85.3 cm³/mol. The van der Waals surface area contributed by atoms with Crippen LogP contribution in [0.4, 0.5) is 5.13 Å². The molecule has 2 aromatic heterocycles. The van der Waals surface area contributed by atoms with E-state index in [-0.39, 0.29) is 5.56 Å². The molecule has 1 saturated heterocycles. The van der Waals surface area contributed by atoms with Gasteiger partial charge in [-0.05, 0) is 37.7 Å². The summed E-state index contributed by atoms with van der Waals surface area (Å²) in [6.45, 7) is 2.71. The standard InChI is InChI=1S/C15H19N5OS/c21-14-4-3-13(12-1-2-12)18-20(14)9-11-5-7-19(8-6-11)15-17-16-10-22-15/h3-4,10-12H,1-2,5-9H2. The third kappa shape index (κ3) is 2.90. The molecule has 2 aliphatic rings. The predicted octanol–water partition coefficient (Wildman–Crippen LogP) is 1.89. The molecule has 116 valence electrons. The molecule has 0 radical (unpaired) electrons. The van der Waals surface area contributed by atoms with Crippen molar-refractivity contribution in [2.24, 2.45) is 5.92 Å². The van der Waals surface area contributed by atoms with Crippen LogP contribution in [0.15, 0.2) is 22.4 Å². The number of anilines is 1. The second kappa shape index (κ2) is 5.79. The summed E-state index contributed by atoms with van der Waals surface area (Å²) in [5.74, 6) is 1.11. The van der Waals surface area contributed by atoms with Crippen molar-refractivity contribution >= 4 is 16.5 Å². The van der Waals surface area contributed by atoms with Gasteiger partial charge in [-0.15, -0.1) is 10.2 Å². The Kier molecular flexibility index (Phi) is 3.65. The molecule has 1 aliphatic carbocycles. The molecule has 6 nitrogen and oxygen atoms in total. The third-order valence-corrected chi connectivity index (χ3v) is 5.30. The van der Waals surface area contributed by atoms with Crippen molar-refractivity contribution in [3.05, 3.63) is 33.7 Å². The van der Waals surface area contributed by atoms with Crippen LogP contribution in [-0.2, 0) is 6.54 Å². The molecule has 4 rings (SSSR count). The highest BCUT2D eigenvalue weighted by atomic mass is 32.1. The lowest BCUT2D eigenvalue weighted by Crippen LogP contribution is -2.36. The first-order chi connectivity index (χ1) is 10.8. The average Bonchev–Trinajstić information content (AvgIpc) is 3.25. The smallest absolute Gasteiger partial charge is 0.266 e. The Bertz CT molecular complexity index is 686. The van der Waals surface area contributed by atoms with E-state index >= 15 is 0 Å². The quantitative estimate of drug-likeness (QED) is 0.861. The number of hydrogen-bond donors (Lipinski definition) is 0. The van der Waals surface area contributed by atoms with E-state index in [0.717, 1.165) is 43.3 Å². The normalized spacial score (nSPS) is 19.5. The minimum absolute atomic E-state index is 0.0240. The van der Waals surface area contributed by atoms with Gasteiger partial charge in [-0.2, -0.15) is 5.10 Å². The van der Waals surface area contributed by atoms with Crippen molar-refractivity contribution in [3.63, 3.8) is 0 Å². The molecule has 0 aromatic carbocycles. The second-order valence-corrected chi connectivity index (χ2v) is 7.02. The van der Waals surface area contributed by atoms with Crippen LogP contribution in [0.5, 0.6) is 0 Å². The van der Waals surface area contributed by atoms with Crippen LogP contribution >= 0.6 is 11.3 Å². The molecule has 22 heavy (non-hydrogen) atoms. The molecule has 1 aliphatic heterocycles.